The van der Waals surface area contributed by atoms with Crippen LogP contribution in [0.2, 0.25) is 0 Å². The summed E-state index contributed by atoms with van der Waals surface area (Å²) in [7, 11) is 0. The van der Waals surface area contributed by atoms with E-state index in [0.29, 0.717) is 17.8 Å². The van der Waals surface area contributed by atoms with Crippen LogP contribution in [-0.2, 0) is 4.79 Å². The number of anilines is 2. The van der Waals surface area contributed by atoms with Gasteiger partial charge >= 0.3 is 0 Å². The van der Waals surface area contributed by atoms with Crippen LogP contribution in [0.1, 0.15) is 31.7 Å². The molecule has 0 radical (unpaired) electrons. The van der Waals surface area contributed by atoms with Gasteiger partial charge < -0.3 is 16.0 Å². The highest BCUT2D eigenvalue weighted by atomic mass is 16.2. The maximum atomic E-state index is 11.6. The molecule has 19 heavy (non-hydrogen) atoms. The quantitative estimate of drug-likeness (QED) is 0.691. The average molecular weight is 263 g/mol. The Morgan fingerprint density at radius 1 is 1.42 bits per heavy atom. The second-order valence-electron chi connectivity index (χ2n) is 4.85. The van der Waals surface area contributed by atoms with E-state index in [1.165, 1.54) is 0 Å². The van der Waals surface area contributed by atoms with Gasteiger partial charge in [0.1, 0.15) is 5.82 Å². The molecule has 0 aliphatic heterocycles. The largest absolute Gasteiger partial charge is 0.361 e. The Bertz CT molecular complexity index is 445. The Balaban J connectivity index is 1.88. The molecule has 0 bridgehead atoms. The maximum absolute atomic E-state index is 11.6. The SMILES string of the molecule is CCCNc1ncc(C)c(NCC(=O)NC2CC2)n1. The molecule has 1 aliphatic rings. The lowest BCUT2D eigenvalue weighted by Gasteiger charge is -2.10. The van der Waals surface area contributed by atoms with E-state index in [0.717, 1.165) is 31.4 Å². The molecule has 0 unspecified atom stereocenters. The number of hydrogen-bond donors (Lipinski definition) is 3. The molecule has 1 amide bonds. The highest BCUT2D eigenvalue weighted by Crippen LogP contribution is 2.18. The zero-order chi connectivity index (χ0) is 13.7. The van der Waals surface area contributed by atoms with E-state index in [1.807, 2.05) is 6.92 Å². The fourth-order valence-electron chi connectivity index (χ4n) is 1.61. The van der Waals surface area contributed by atoms with Crippen molar-refractivity contribution in [3.05, 3.63) is 11.8 Å². The predicted molar refractivity (Wildman–Crippen MR) is 75.2 cm³/mol. The smallest absolute Gasteiger partial charge is 0.239 e. The predicted octanol–water partition coefficient (Wildman–Crippen LogP) is 1.30. The topological polar surface area (TPSA) is 78.9 Å². The summed E-state index contributed by atoms with van der Waals surface area (Å²) < 4.78 is 0. The zero-order valence-corrected chi connectivity index (χ0v) is 11.5. The molecule has 1 aliphatic carbocycles. The Morgan fingerprint density at radius 3 is 2.89 bits per heavy atom. The molecule has 1 fully saturated rings. The van der Waals surface area contributed by atoms with Crippen LogP contribution in [0.25, 0.3) is 0 Å². The lowest BCUT2D eigenvalue weighted by molar-refractivity contribution is -0.119. The van der Waals surface area contributed by atoms with Gasteiger partial charge in [0.05, 0.1) is 6.54 Å². The second-order valence-corrected chi connectivity index (χ2v) is 4.85. The molecule has 6 nitrogen and oxygen atoms in total. The summed E-state index contributed by atoms with van der Waals surface area (Å²) in [5.41, 5.74) is 0.932. The van der Waals surface area contributed by atoms with Gasteiger partial charge in [-0.25, -0.2) is 4.98 Å². The molecule has 104 valence electrons. The summed E-state index contributed by atoms with van der Waals surface area (Å²) in [5.74, 6) is 1.32. The van der Waals surface area contributed by atoms with Gasteiger partial charge in [0.15, 0.2) is 0 Å². The van der Waals surface area contributed by atoms with Crippen molar-refractivity contribution in [3.63, 3.8) is 0 Å². The molecule has 0 saturated heterocycles. The number of nitrogens with zero attached hydrogens (tertiary/aromatic N) is 2. The number of nitrogens with one attached hydrogen (secondary N) is 3. The molecule has 1 saturated carbocycles. The fourth-order valence-corrected chi connectivity index (χ4v) is 1.61. The molecular weight excluding hydrogens is 242 g/mol. The molecule has 0 aromatic carbocycles. The van der Waals surface area contributed by atoms with Gasteiger partial charge in [-0.1, -0.05) is 6.92 Å². The second kappa shape index (κ2) is 6.36. The first-order valence-corrected chi connectivity index (χ1v) is 6.79. The summed E-state index contributed by atoms with van der Waals surface area (Å²) in [4.78, 5) is 20.2. The number of aromatic nitrogens is 2. The Labute approximate surface area is 113 Å². The van der Waals surface area contributed by atoms with Crippen molar-refractivity contribution in [1.82, 2.24) is 15.3 Å². The van der Waals surface area contributed by atoms with Gasteiger partial charge in [0.25, 0.3) is 0 Å². The van der Waals surface area contributed by atoms with Crippen molar-refractivity contribution in [3.8, 4) is 0 Å². The molecular formula is C13H21N5O. The normalized spacial score (nSPS) is 14.0. The van der Waals surface area contributed by atoms with E-state index >= 15 is 0 Å². The van der Waals surface area contributed by atoms with E-state index in [-0.39, 0.29) is 12.5 Å². The third-order valence-corrected chi connectivity index (χ3v) is 2.86. The Hall–Kier alpha value is -1.85. The Morgan fingerprint density at radius 2 is 2.21 bits per heavy atom. The van der Waals surface area contributed by atoms with Crippen LogP contribution >= 0.6 is 0 Å². The van der Waals surface area contributed by atoms with Gasteiger partial charge in [0, 0.05) is 24.3 Å². The van der Waals surface area contributed by atoms with Gasteiger partial charge in [0.2, 0.25) is 11.9 Å². The summed E-state index contributed by atoms with van der Waals surface area (Å²) in [6, 6.07) is 0.391. The van der Waals surface area contributed by atoms with Crippen LogP contribution in [0.4, 0.5) is 11.8 Å². The summed E-state index contributed by atoms with van der Waals surface area (Å²) in [6.07, 6.45) is 4.97. The van der Waals surface area contributed by atoms with Crippen LogP contribution in [0.5, 0.6) is 0 Å². The molecule has 1 aromatic heterocycles. The van der Waals surface area contributed by atoms with E-state index in [4.69, 9.17) is 0 Å². The van der Waals surface area contributed by atoms with Crippen LogP contribution in [0.15, 0.2) is 6.20 Å². The van der Waals surface area contributed by atoms with Crippen molar-refractivity contribution in [2.24, 2.45) is 0 Å². The minimum Gasteiger partial charge on any atom is -0.361 e. The van der Waals surface area contributed by atoms with Crippen LogP contribution < -0.4 is 16.0 Å². The number of carbonyl (C=O) groups excluding carboxylic acids is 1. The first-order chi connectivity index (χ1) is 9.19. The van der Waals surface area contributed by atoms with Gasteiger partial charge in [-0.3, -0.25) is 4.79 Å². The van der Waals surface area contributed by atoms with Crippen molar-refractivity contribution in [1.29, 1.82) is 0 Å². The van der Waals surface area contributed by atoms with Crippen molar-refractivity contribution in [2.45, 2.75) is 39.2 Å². The van der Waals surface area contributed by atoms with Crippen molar-refractivity contribution >= 4 is 17.7 Å². The first kappa shape index (κ1) is 13.6. The van der Waals surface area contributed by atoms with Crippen LogP contribution in [0.3, 0.4) is 0 Å². The van der Waals surface area contributed by atoms with Crippen LogP contribution in [-0.4, -0.2) is 35.0 Å². The van der Waals surface area contributed by atoms with E-state index < -0.39 is 0 Å². The summed E-state index contributed by atoms with van der Waals surface area (Å²) >= 11 is 0. The van der Waals surface area contributed by atoms with E-state index in [9.17, 15) is 4.79 Å². The monoisotopic (exact) mass is 263 g/mol. The minimum atomic E-state index is 0.0172. The van der Waals surface area contributed by atoms with Crippen molar-refractivity contribution < 1.29 is 4.79 Å². The number of rotatable bonds is 7. The fraction of sp³-hybridized carbons (Fsp3) is 0.615. The molecule has 2 rings (SSSR count). The molecule has 0 spiro atoms. The first-order valence-electron chi connectivity index (χ1n) is 6.79. The van der Waals surface area contributed by atoms with Gasteiger partial charge in [-0.15, -0.1) is 0 Å². The summed E-state index contributed by atoms with van der Waals surface area (Å²) in [5, 5.41) is 9.12. The van der Waals surface area contributed by atoms with Gasteiger partial charge in [-0.05, 0) is 26.2 Å². The summed E-state index contributed by atoms with van der Waals surface area (Å²) in [6.45, 7) is 5.10. The molecule has 6 heteroatoms. The highest BCUT2D eigenvalue weighted by Gasteiger charge is 2.22. The highest BCUT2D eigenvalue weighted by molar-refractivity contribution is 5.81. The Kier molecular flexibility index (Phi) is 4.54. The lowest BCUT2D eigenvalue weighted by atomic mass is 10.3. The number of hydrogen-bond acceptors (Lipinski definition) is 5. The maximum Gasteiger partial charge on any atom is 0.239 e. The van der Waals surface area contributed by atoms with Gasteiger partial charge in [-0.2, -0.15) is 4.98 Å². The zero-order valence-electron chi connectivity index (χ0n) is 11.5. The molecule has 0 atom stereocenters. The third-order valence-electron chi connectivity index (χ3n) is 2.86. The minimum absolute atomic E-state index is 0.0172. The van der Waals surface area contributed by atoms with Crippen LogP contribution in [0, 0.1) is 6.92 Å². The van der Waals surface area contributed by atoms with E-state index in [2.05, 4.69) is 32.8 Å². The van der Waals surface area contributed by atoms with E-state index in [1.54, 1.807) is 6.20 Å². The number of amides is 1. The number of carbonyl (C=O) groups is 1. The average Bonchev–Trinajstić information content (AvgIpc) is 3.20. The van der Waals surface area contributed by atoms with Crippen molar-refractivity contribution in [2.75, 3.05) is 23.7 Å². The standard InChI is InChI=1S/C13H21N5O/c1-3-6-14-13-16-7-9(2)12(18-13)15-8-11(19)17-10-4-5-10/h7,10H,3-6,8H2,1-2H3,(H,17,19)(H2,14,15,16,18). The molecule has 3 N–H and O–H groups in total. The number of aryl methyl sites for hydroxylation is 1. The molecule has 1 heterocycles. The lowest BCUT2D eigenvalue weighted by Crippen LogP contribution is -2.31. The molecule has 1 aromatic rings. The third kappa shape index (κ3) is 4.39.